The van der Waals surface area contributed by atoms with E-state index in [1.54, 1.807) is 12.3 Å². The maximum atomic E-state index is 11.8. The van der Waals surface area contributed by atoms with E-state index in [0.717, 1.165) is 23.1 Å². The third-order valence-corrected chi connectivity index (χ3v) is 4.82. The standard InChI is InChI=1S/C16H17N5O6S2/c1-2-26-15(25)9-5-19-16(21-12(9)17)29-7-11(23)27-6-10(22)20-14-8(13(18)24)3-4-28-14/h3-5H,2,6-7H2,1H3,(H2,18,24)(H,20,22)(H2,17,19,21). The van der Waals surface area contributed by atoms with Crippen LogP contribution in [0.15, 0.2) is 22.8 Å². The molecule has 0 saturated heterocycles. The molecule has 0 saturated carbocycles. The van der Waals surface area contributed by atoms with Crippen LogP contribution in [-0.2, 0) is 19.1 Å². The molecule has 2 rings (SSSR count). The Bertz CT molecular complexity index is 932. The molecule has 0 unspecified atom stereocenters. The highest BCUT2D eigenvalue weighted by molar-refractivity contribution is 7.99. The first-order chi connectivity index (χ1) is 13.8. The number of anilines is 2. The molecule has 5 N–H and O–H groups in total. The van der Waals surface area contributed by atoms with Crippen molar-refractivity contribution in [1.29, 1.82) is 0 Å². The lowest BCUT2D eigenvalue weighted by Crippen LogP contribution is -2.22. The number of esters is 2. The number of amides is 2. The van der Waals surface area contributed by atoms with Gasteiger partial charge in [0, 0.05) is 6.20 Å². The smallest absolute Gasteiger partial charge is 0.343 e. The summed E-state index contributed by atoms with van der Waals surface area (Å²) in [5.74, 6) is -2.89. The van der Waals surface area contributed by atoms with Crippen molar-refractivity contribution >= 4 is 57.7 Å². The van der Waals surface area contributed by atoms with Crippen molar-refractivity contribution in [2.75, 3.05) is 30.0 Å². The van der Waals surface area contributed by atoms with E-state index in [-0.39, 0.29) is 39.5 Å². The second-order valence-corrected chi connectivity index (χ2v) is 7.06. The summed E-state index contributed by atoms with van der Waals surface area (Å²) in [6.45, 7) is 1.30. The number of hydrogen-bond acceptors (Lipinski definition) is 11. The van der Waals surface area contributed by atoms with Crippen LogP contribution in [0, 0.1) is 0 Å². The third kappa shape index (κ3) is 6.43. The Kier molecular flexibility index (Phi) is 7.91. The van der Waals surface area contributed by atoms with Crippen LogP contribution >= 0.6 is 23.1 Å². The molecule has 154 valence electrons. The van der Waals surface area contributed by atoms with E-state index in [1.165, 1.54) is 12.3 Å². The number of primary amides is 1. The summed E-state index contributed by atoms with van der Waals surface area (Å²) in [6, 6.07) is 1.48. The molecule has 0 spiro atoms. The van der Waals surface area contributed by atoms with Gasteiger partial charge in [0.2, 0.25) is 0 Å². The van der Waals surface area contributed by atoms with E-state index >= 15 is 0 Å². The zero-order chi connectivity index (χ0) is 21.4. The minimum absolute atomic E-state index is 0.0272. The highest BCUT2D eigenvalue weighted by Gasteiger charge is 2.16. The minimum Gasteiger partial charge on any atom is -0.462 e. The van der Waals surface area contributed by atoms with Crippen molar-refractivity contribution in [1.82, 2.24) is 9.97 Å². The quantitative estimate of drug-likeness (QED) is 0.286. The average molecular weight is 439 g/mol. The number of hydrogen-bond donors (Lipinski definition) is 3. The molecule has 2 heterocycles. The van der Waals surface area contributed by atoms with Crippen LogP contribution in [0.3, 0.4) is 0 Å². The number of nitrogens with zero attached hydrogens (tertiary/aromatic N) is 2. The number of thioether (sulfide) groups is 1. The monoisotopic (exact) mass is 439 g/mol. The summed E-state index contributed by atoms with van der Waals surface area (Å²) in [6.07, 6.45) is 1.21. The molecular formula is C16H17N5O6S2. The van der Waals surface area contributed by atoms with E-state index in [1.807, 2.05) is 0 Å². The highest BCUT2D eigenvalue weighted by atomic mass is 32.2. The molecule has 0 bridgehead atoms. The van der Waals surface area contributed by atoms with Gasteiger partial charge in [-0.25, -0.2) is 14.8 Å². The number of thiophene rings is 1. The minimum atomic E-state index is -0.692. The zero-order valence-corrected chi connectivity index (χ0v) is 16.8. The summed E-state index contributed by atoms with van der Waals surface area (Å²) in [7, 11) is 0. The Morgan fingerprint density at radius 1 is 1.24 bits per heavy atom. The molecule has 2 amide bonds. The van der Waals surface area contributed by atoms with Crippen molar-refractivity contribution in [2.45, 2.75) is 12.1 Å². The Labute approximate surface area is 173 Å². The predicted molar refractivity (Wildman–Crippen MR) is 106 cm³/mol. The van der Waals surface area contributed by atoms with E-state index in [9.17, 15) is 19.2 Å². The van der Waals surface area contributed by atoms with Gasteiger partial charge in [0.05, 0.1) is 17.9 Å². The van der Waals surface area contributed by atoms with E-state index < -0.39 is 30.4 Å². The molecule has 0 aliphatic carbocycles. The summed E-state index contributed by atoms with van der Waals surface area (Å²) < 4.78 is 9.67. The number of carbonyl (C=O) groups excluding carboxylic acids is 4. The highest BCUT2D eigenvalue weighted by Crippen LogP contribution is 2.22. The first-order valence-corrected chi connectivity index (χ1v) is 9.93. The number of nitrogen functional groups attached to an aromatic ring is 1. The van der Waals surface area contributed by atoms with Crippen LogP contribution < -0.4 is 16.8 Å². The van der Waals surface area contributed by atoms with Crippen molar-refractivity contribution in [3.05, 3.63) is 28.8 Å². The van der Waals surface area contributed by atoms with Crippen molar-refractivity contribution < 1.29 is 28.7 Å². The van der Waals surface area contributed by atoms with Crippen molar-refractivity contribution in [3.8, 4) is 0 Å². The maximum Gasteiger partial charge on any atom is 0.343 e. The maximum absolute atomic E-state index is 11.8. The van der Waals surface area contributed by atoms with Crippen LogP contribution in [0.2, 0.25) is 0 Å². The first kappa shape index (κ1) is 22.1. The van der Waals surface area contributed by atoms with Gasteiger partial charge in [0.1, 0.15) is 16.4 Å². The Hall–Kier alpha value is -3.19. The van der Waals surface area contributed by atoms with Gasteiger partial charge in [-0.3, -0.25) is 14.4 Å². The molecule has 0 aliphatic heterocycles. The van der Waals surface area contributed by atoms with Gasteiger partial charge >= 0.3 is 11.9 Å². The normalized spacial score (nSPS) is 10.2. The van der Waals surface area contributed by atoms with Gasteiger partial charge in [-0.1, -0.05) is 11.8 Å². The van der Waals surface area contributed by atoms with Crippen LogP contribution in [0.1, 0.15) is 27.6 Å². The molecule has 13 heteroatoms. The number of carbonyl (C=O) groups is 4. The lowest BCUT2D eigenvalue weighted by atomic mass is 10.3. The van der Waals surface area contributed by atoms with E-state index in [2.05, 4.69) is 15.3 Å². The van der Waals surface area contributed by atoms with Gasteiger partial charge in [0.25, 0.3) is 11.8 Å². The van der Waals surface area contributed by atoms with Gasteiger partial charge in [-0.2, -0.15) is 0 Å². The molecule has 0 fully saturated rings. The number of aromatic nitrogens is 2. The second-order valence-electron chi connectivity index (χ2n) is 5.20. The molecular weight excluding hydrogens is 422 g/mol. The summed E-state index contributed by atoms with van der Waals surface area (Å²) in [5, 5.41) is 4.47. The van der Waals surface area contributed by atoms with Crippen LogP contribution in [0.25, 0.3) is 0 Å². The van der Waals surface area contributed by atoms with E-state index in [0.29, 0.717) is 0 Å². The fourth-order valence-electron chi connectivity index (χ4n) is 1.89. The lowest BCUT2D eigenvalue weighted by Gasteiger charge is -2.07. The van der Waals surface area contributed by atoms with Crippen molar-refractivity contribution in [3.63, 3.8) is 0 Å². The molecule has 0 atom stereocenters. The van der Waals surface area contributed by atoms with Gasteiger partial charge < -0.3 is 26.3 Å². The topological polar surface area (TPSA) is 177 Å². The number of ether oxygens (including phenoxy) is 2. The Morgan fingerprint density at radius 2 is 2.00 bits per heavy atom. The third-order valence-electron chi connectivity index (χ3n) is 3.16. The zero-order valence-electron chi connectivity index (χ0n) is 15.2. The molecule has 0 aliphatic rings. The largest absolute Gasteiger partial charge is 0.462 e. The Balaban J connectivity index is 1.80. The van der Waals surface area contributed by atoms with Gasteiger partial charge in [-0.15, -0.1) is 11.3 Å². The molecule has 0 radical (unpaired) electrons. The Morgan fingerprint density at radius 3 is 2.66 bits per heavy atom. The van der Waals surface area contributed by atoms with Crippen LogP contribution in [0.5, 0.6) is 0 Å². The molecule has 29 heavy (non-hydrogen) atoms. The van der Waals surface area contributed by atoms with Gasteiger partial charge in [0.15, 0.2) is 11.8 Å². The average Bonchev–Trinajstić information content (AvgIpc) is 3.13. The van der Waals surface area contributed by atoms with Crippen molar-refractivity contribution in [2.24, 2.45) is 5.73 Å². The molecule has 0 aromatic carbocycles. The fraction of sp³-hybridized carbons (Fsp3) is 0.250. The summed E-state index contributed by atoms with van der Waals surface area (Å²) in [5.41, 5.74) is 11.1. The number of nitrogens with one attached hydrogen (secondary N) is 1. The summed E-state index contributed by atoms with van der Waals surface area (Å²) in [4.78, 5) is 54.3. The first-order valence-electron chi connectivity index (χ1n) is 8.07. The fourth-order valence-corrected chi connectivity index (χ4v) is 3.32. The van der Waals surface area contributed by atoms with Crippen LogP contribution in [0.4, 0.5) is 10.8 Å². The lowest BCUT2D eigenvalue weighted by molar-refractivity contribution is -0.144. The molecule has 2 aromatic heterocycles. The summed E-state index contributed by atoms with van der Waals surface area (Å²) >= 11 is 2.04. The second kappa shape index (κ2) is 10.4. The number of rotatable bonds is 9. The molecule has 11 nitrogen and oxygen atoms in total. The number of nitrogens with two attached hydrogens (primary N) is 2. The SMILES string of the molecule is CCOC(=O)c1cnc(SCC(=O)OCC(=O)Nc2sccc2C(N)=O)nc1N. The van der Waals surface area contributed by atoms with E-state index in [4.69, 9.17) is 20.9 Å². The van der Waals surface area contributed by atoms with Gasteiger partial charge in [-0.05, 0) is 18.4 Å². The predicted octanol–water partition coefficient (Wildman–Crippen LogP) is 0.670. The van der Waals surface area contributed by atoms with Crippen LogP contribution in [-0.4, -0.2) is 52.7 Å². The molecule has 2 aromatic rings.